The molecule has 0 aliphatic heterocycles. The van der Waals surface area contributed by atoms with Gasteiger partial charge in [0.25, 0.3) is 0 Å². The molecular weight excluding hydrogens is 305 g/mol. The molecule has 0 aliphatic carbocycles. The van der Waals surface area contributed by atoms with Crippen LogP contribution in [0.3, 0.4) is 0 Å². The summed E-state index contributed by atoms with van der Waals surface area (Å²) in [6.45, 7) is 0. The van der Waals surface area contributed by atoms with Crippen LogP contribution in [-0.4, -0.2) is 18.7 Å². The van der Waals surface area contributed by atoms with Crippen molar-refractivity contribution in [3.63, 3.8) is 0 Å². The van der Waals surface area contributed by atoms with Crippen LogP contribution in [-0.2, 0) is 0 Å². The number of hydrazone groups is 1. The topological polar surface area (TPSA) is 107 Å². The smallest absolute Gasteiger partial charge is 0.201 e. The molecule has 0 bridgehead atoms. The Morgan fingerprint density at radius 3 is 2.83 bits per heavy atom. The summed E-state index contributed by atoms with van der Waals surface area (Å²) >= 11 is 3.13. The summed E-state index contributed by atoms with van der Waals surface area (Å²) in [6.07, 6.45) is 0. The Balaban J connectivity index is 3.12. The summed E-state index contributed by atoms with van der Waals surface area (Å²) < 4.78 is 18.6. The molecule has 0 amide bonds. The van der Waals surface area contributed by atoms with E-state index < -0.39 is 11.7 Å². The number of rotatable bonds is 4. The number of nitrogens with zero attached hydrogens (tertiary/aromatic N) is 2. The highest BCUT2D eigenvalue weighted by molar-refractivity contribution is 9.10. The van der Waals surface area contributed by atoms with Gasteiger partial charge in [-0.05, 0) is 22.0 Å². The van der Waals surface area contributed by atoms with Crippen molar-refractivity contribution in [3.05, 3.63) is 22.4 Å². The molecule has 0 aliphatic rings. The third kappa shape index (κ3) is 3.18. The minimum absolute atomic E-state index is 0.207. The van der Waals surface area contributed by atoms with Crippen molar-refractivity contribution in [2.75, 3.05) is 12.5 Å². The van der Waals surface area contributed by atoms with Gasteiger partial charge in [-0.25, -0.2) is 4.39 Å². The highest BCUT2D eigenvalue weighted by Gasteiger charge is 2.10. The standard InChI is InChI=1S/C10H9BrFN5O/c1-18-9-6(11)2-5(12)3-7(9)16-17-8(4-13)10(14)15/h2-3,16H,1H3,(H3,14,15)/b17-8+. The molecule has 94 valence electrons. The lowest BCUT2D eigenvalue weighted by atomic mass is 10.3. The minimum atomic E-state index is -0.512. The molecule has 18 heavy (non-hydrogen) atoms. The van der Waals surface area contributed by atoms with Crippen molar-refractivity contribution in [3.8, 4) is 11.8 Å². The molecule has 8 heteroatoms. The van der Waals surface area contributed by atoms with Gasteiger partial charge in [-0.1, -0.05) is 0 Å². The van der Waals surface area contributed by atoms with Crippen molar-refractivity contribution in [1.29, 1.82) is 10.7 Å². The predicted molar refractivity (Wildman–Crippen MR) is 69.2 cm³/mol. The molecular formula is C10H9BrFN5O. The molecule has 1 aromatic rings. The first-order chi connectivity index (χ1) is 8.49. The maximum absolute atomic E-state index is 13.2. The van der Waals surface area contributed by atoms with Gasteiger partial charge in [0.15, 0.2) is 11.6 Å². The maximum atomic E-state index is 13.2. The third-order valence-electron chi connectivity index (χ3n) is 1.86. The van der Waals surface area contributed by atoms with Crippen LogP contribution in [0.5, 0.6) is 5.75 Å². The molecule has 1 aromatic carbocycles. The van der Waals surface area contributed by atoms with Gasteiger partial charge in [0, 0.05) is 6.07 Å². The van der Waals surface area contributed by atoms with Gasteiger partial charge in [-0.15, -0.1) is 0 Å². The van der Waals surface area contributed by atoms with E-state index in [1.165, 1.54) is 13.2 Å². The zero-order valence-corrected chi connectivity index (χ0v) is 10.9. The van der Waals surface area contributed by atoms with E-state index in [2.05, 4.69) is 26.5 Å². The Labute approximate surface area is 111 Å². The zero-order valence-electron chi connectivity index (χ0n) is 9.29. The third-order valence-corrected chi connectivity index (χ3v) is 2.45. The second kappa shape index (κ2) is 5.97. The summed E-state index contributed by atoms with van der Waals surface area (Å²) in [5, 5.41) is 19.3. The van der Waals surface area contributed by atoms with Crippen LogP contribution in [0.25, 0.3) is 0 Å². The highest BCUT2D eigenvalue weighted by atomic mass is 79.9. The minimum Gasteiger partial charge on any atom is -0.493 e. The normalized spacial score (nSPS) is 10.7. The Bertz CT molecular complexity index is 552. The Morgan fingerprint density at radius 1 is 1.67 bits per heavy atom. The summed E-state index contributed by atoms with van der Waals surface area (Å²) in [5.74, 6) is -0.679. The fourth-order valence-electron chi connectivity index (χ4n) is 1.11. The van der Waals surface area contributed by atoms with Gasteiger partial charge in [-0.2, -0.15) is 10.4 Å². The number of halogens is 2. The summed E-state index contributed by atoms with van der Waals surface area (Å²) in [7, 11) is 1.41. The fourth-order valence-corrected chi connectivity index (χ4v) is 1.71. The number of hydrogen-bond donors (Lipinski definition) is 3. The first-order valence-electron chi connectivity index (χ1n) is 4.60. The molecule has 4 N–H and O–H groups in total. The van der Waals surface area contributed by atoms with Crippen molar-refractivity contribution in [2.45, 2.75) is 0 Å². The lowest BCUT2D eigenvalue weighted by Crippen LogP contribution is -2.21. The lowest BCUT2D eigenvalue weighted by molar-refractivity contribution is 0.412. The molecule has 0 spiro atoms. The molecule has 1 rings (SSSR count). The molecule has 0 fully saturated rings. The number of nitrogens with two attached hydrogens (primary N) is 1. The van der Waals surface area contributed by atoms with E-state index in [4.69, 9.17) is 21.1 Å². The number of anilines is 1. The number of hydrogen-bond acceptors (Lipinski definition) is 5. The number of nitrogens with one attached hydrogen (secondary N) is 2. The van der Waals surface area contributed by atoms with E-state index in [1.54, 1.807) is 6.07 Å². The number of benzene rings is 1. The number of amidine groups is 1. The summed E-state index contributed by atoms with van der Waals surface area (Å²) in [6, 6.07) is 4.00. The number of methoxy groups -OCH3 is 1. The second-order valence-electron chi connectivity index (χ2n) is 3.07. The molecule has 0 saturated carbocycles. The Hall–Kier alpha value is -2.14. The van der Waals surface area contributed by atoms with Crippen molar-refractivity contribution in [2.24, 2.45) is 10.8 Å². The van der Waals surface area contributed by atoms with Crippen molar-refractivity contribution in [1.82, 2.24) is 0 Å². The van der Waals surface area contributed by atoms with Gasteiger partial charge >= 0.3 is 0 Å². The predicted octanol–water partition coefficient (Wildman–Crippen LogP) is 1.82. The van der Waals surface area contributed by atoms with E-state index in [0.717, 1.165) is 6.07 Å². The molecule has 0 saturated heterocycles. The zero-order chi connectivity index (χ0) is 13.7. The van der Waals surface area contributed by atoms with Crippen LogP contribution in [0.4, 0.5) is 10.1 Å². The molecule has 6 nitrogen and oxygen atoms in total. The van der Waals surface area contributed by atoms with Crippen molar-refractivity contribution >= 4 is 33.2 Å². The Kier molecular flexibility index (Phi) is 4.62. The first-order valence-corrected chi connectivity index (χ1v) is 5.40. The van der Waals surface area contributed by atoms with E-state index in [0.29, 0.717) is 10.2 Å². The molecule has 0 radical (unpaired) electrons. The summed E-state index contributed by atoms with van der Waals surface area (Å²) in [5.41, 5.74) is 7.44. The van der Waals surface area contributed by atoms with E-state index in [1.807, 2.05) is 0 Å². The van der Waals surface area contributed by atoms with Crippen LogP contribution in [0.15, 0.2) is 21.7 Å². The average Bonchev–Trinajstić information content (AvgIpc) is 2.28. The monoisotopic (exact) mass is 313 g/mol. The van der Waals surface area contributed by atoms with E-state index in [-0.39, 0.29) is 11.4 Å². The number of nitriles is 1. The van der Waals surface area contributed by atoms with E-state index >= 15 is 0 Å². The molecule has 0 heterocycles. The average molecular weight is 314 g/mol. The van der Waals surface area contributed by atoms with Crippen LogP contribution < -0.4 is 15.9 Å². The van der Waals surface area contributed by atoms with Crippen LogP contribution >= 0.6 is 15.9 Å². The largest absolute Gasteiger partial charge is 0.493 e. The quantitative estimate of drug-likeness (QED) is 0.447. The molecule has 0 unspecified atom stereocenters. The Morgan fingerprint density at radius 2 is 2.33 bits per heavy atom. The van der Waals surface area contributed by atoms with Gasteiger partial charge < -0.3 is 10.5 Å². The van der Waals surface area contributed by atoms with Gasteiger partial charge in [-0.3, -0.25) is 10.8 Å². The van der Waals surface area contributed by atoms with Crippen LogP contribution in [0, 0.1) is 22.6 Å². The highest BCUT2D eigenvalue weighted by Crippen LogP contribution is 2.34. The van der Waals surface area contributed by atoms with Crippen molar-refractivity contribution < 1.29 is 9.13 Å². The SMILES string of the molecule is COc1c(Br)cc(F)cc1N/N=C(\C#N)C(=N)N. The van der Waals surface area contributed by atoms with E-state index in [9.17, 15) is 4.39 Å². The molecule has 0 atom stereocenters. The van der Waals surface area contributed by atoms with Crippen LogP contribution in [0.2, 0.25) is 0 Å². The van der Waals surface area contributed by atoms with Gasteiger partial charge in [0.2, 0.25) is 5.71 Å². The lowest BCUT2D eigenvalue weighted by Gasteiger charge is -2.10. The summed E-state index contributed by atoms with van der Waals surface area (Å²) in [4.78, 5) is 0. The van der Waals surface area contributed by atoms with Crippen LogP contribution in [0.1, 0.15) is 0 Å². The van der Waals surface area contributed by atoms with Gasteiger partial charge in [0.1, 0.15) is 17.6 Å². The second-order valence-corrected chi connectivity index (χ2v) is 3.92. The fraction of sp³-hybridized carbons (Fsp3) is 0.100. The first kappa shape index (κ1) is 13.9. The number of ether oxygens (including phenoxy) is 1. The molecule has 0 aromatic heterocycles. The van der Waals surface area contributed by atoms with Gasteiger partial charge in [0.05, 0.1) is 11.6 Å². The maximum Gasteiger partial charge on any atom is 0.201 e.